The van der Waals surface area contributed by atoms with E-state index in [1.165, 1.54) is 51.4 Å². The van der Waals surface area contributed by atoms with Gasteiger partial charge in [-0.25, -0.2) is 0 Å². The van der Waals surface area contributed by atoms with Crippen molar-refractivity contribution in [2.45, 2.75) is 97.8 Å². The predicted molar refractivity (Wildman–Crippen MR) is 179 cm³/mol. The first-order chi connectivity index (χ1) is 20.3. The molecule has 0 aliphatic rings. The van der Waals surface area contributed by atoms with Crippen LogP contribution in [0.25, 0.3) is 10.8 Å². The number of benzene rings is 4. The summed E-state index contributed by atoms with van der Waals surface area (Å²) in [5, 5.41) is 20.5. The molecule has 0 spiro atoms. The number of hydrogen-bond acceptors (Lipinski definition) is 5. The lowest BCUT2D eigenvalue weighted by molar-refractivity contribution is 0.443. The molecule has 4 rings (SSSR count). The van der Waals surface area contributed by atoms with E-state index in [4.69, 9.17) is 10.8 Å². The fraction of sp³-hybridized carbons (Fsp3) is 0.405. The number of rotatable bonds is 14. The van der Waals surface area contributed by atoms with Crippen LogP contribution < -0.4 is 5.73 Å². The smallest absolute Gasteiger partial charge is 0.117 e. The summed E-state index contributed by atoms with van der Waals surface area (Å²) >= 11 is 0. The van der Waals surface area contributed by atoms with Crippen molar-refractivity contribution in [3.63, 3.8) is 0 Å². The summed E-state index contributed by atoms with van der Waals surface area (Å²) in [7, 11) is 0. The first kappa shape index (κ1) is 31.1. The summed E-state index contributed by atoms with van der Waals surface area (Å²) in [5.41, 5.74) is 14.0. The highest BCUT2D eigenvalue weighted by Crippen LogP contribution is 2.43. The highest BCUT2D eigenvalue weighted by atomic mass is 15.1. The van der Waals surface area contributed by atoms with Crippen molar-refractivity contribution in [2.75, 3.05) is 5.73 Å². The Bertz CT molecular complexity index is 1530. The van der Waals surface area contributed by atoms with Crippen LogP contribution in [-0.2, 0) is 5.41 Å². The lowest BCUT2D eigenvalue weighted by atomic mass is 9.78. The Morgan fingerprint density at radius 2 is 1.29 bits per heavy atom. The highest BCUT2D eigenvalue weighted by Gasteiger charge is 2.25. The van der Waals surface area contributed by atoms with Gasteiger partial charge in [0.1, 0.15) is 5.69 Å². The number of nitrogens with two attached hydrogens (primary N) is 1. The van der Waals surface area contributed by atoms with Crippen LogP contribution in [-0.4, -0.2) is 0 Å². The predicted octanol–water partition coefficient (Wildman–Crippen LogP) is 12.7. The van der Waals surface area contributed by atoms with E-state index in [1.54, 1.807) is 0 Å². The summed E-state index contributed by atoms with van der Waals surface area (Å²) < 4.78 is 0. The maximum atomic E-state index is 6.89. The van der Waals surface area contributed by atoms with Crippen molar-refractivity contribution in [1.29, 1.82) is 0 Å². The number of azo groups is 2. The van der Waals surface area contributed by atoms with E-state index >= 15 is 0 Å². The van der Waals surface area contributed by atoms with Crippen molar-refractivity contribution in [3.05, 3.63) is 89.5 Å². The van der Waals surface area contributed by atoms with Crippen LogP contribution >= 0.6 is 0 Å². The Morgan fingerprint density at radius 1 is 0.643 bits per heavy atom. The number of hydrogen-bond donors (Lipinski definition) is 1. The number of nitrogens with zero attached hydrogens (tertiary/aromatic N) is 4. The minimum atomic E-state index is -0.0553. The molecule has 0 amide bonds. The van der Waals surface area contributed by atoms with Crippen molar-refractivity contribution in [2.24, 2.45) is 20.5 Å². The molecule has 0 saturated heterocycles. The van der Waals surface area contributed by atoms with E-state index < -0.39 is 0 Å². The van der Waals surface area contributed by atoms with E-state index in [-0.39, 0.29) is 5.41 Å². The third-order valence-corrected chi connectivity index (χ3v) is 8.27. The van der Waals surface area contributed by atoms with E-state index in [0.717, 1.165) is 62.3 Å². The lowest BCUT2D eigenvalue weighted by Crippen LogP contribution is -2.19. The largest absolute Gasteiger partial charge is 0.397 e. The van der Waals surface area contributed by atoms with Crippen LogP contribution in [0.3, 0.4) is 0 Å². The number of aryl methyl sites for hydroxylation is 2. The van der Waals surface area contributed by atoms with Gasteiger partial charge in [0.05, 0.1) is 22.7 Å². The Balaban J connectivity index is 1.53. The maximum Gasteiger partial charge on any atom is 0.117 e. The van der Waals surface area contributed by atoms with Gasteiger partial charge in [-0.1, -0.05) is 115 Å². The summed E-state index contributed by atoms with van der Waals surface area (Å²) in [6.07, 6.45) is 11.6. The molecule has 0 aromatic heterocycles. The average Bonchev–Trinajstić information content (AvgIpc) is 2.98. The Kier molecular flexibility index (Phi) is 11.0. The summed E-state index contributed by atoms with van der Waals surface area (Å²) in [6, 6.07) is 24.4. The van der Waals surface area contributed by atoms with E-state index in [9.17, 15) is 0 Å². The molecule has 0 aliphatic carbocycles. The Hall–Kier alpha value is -3.86. The van der Waals surface area contributed by atoms with Gasteiger partial charge < -0.3 is 5.73 Å². The number of anilines is 1. The third-order valence-electron chi connectivity index (χ3n) is 8.27. The van der Waals surface area contributed by atoms with Crippen LogP contribution in [0.2, 0.25) is 0 Å². The van der Waals surface area contributed by atoms with Gasteiger partial charge in [0.25, 0.3) is 0 Å². The van der Waals surface area contributed by atoms with Crippen molar-refractivity contribution in [3.8, 4) is 0 Å². The van der Waals surface area contributed by atoms with E-state index in [2.05, 4.69) is 60.4 Å². The zero-order valence-corrected chi connectivity index (χ0v) is 26.2. The molecule has 4 aromatic rings. The van der Waals surface area contributed by atoms with Crippen molar-refractivity contribution in [1.82, 2.24) is 0 Å². The zero-order chi connectivity index (χ0) is 30.0. The van der Waals surface area contributed by atoms with Crippen molar-refractivity contribution >= 4 is 39.2 Å². The van der Waals surface area contributed by atoms with Gasteiger partial charge in [0.15, 0.2) is 0 Å². The molecule has 0 fully saturated rings. The zero-order valence-electron chi connectivity index (χ0n) is 26.2. The van der Waals surface area contributed by atoms with Crippen LogP contribution in [0, 0.1) is 13.8 Å². The van der Waals surface area contributed by atoms with Gasteiger partial charge in [-0.05, 0) is 78.1 Å². The fourth-order valence-corrected chi connectivity index (χ4v) is 5.55. The van der Waals surface area contributed by atoms with Gasteiger partial charge >= 0.3 is 0 Å². The lowest BCUT2D eigenvalue weighted by Gasteiger charge is -2.28. The molecular formula is C37H47N5. The van der Waals surface area contributed by atoms with Crippen molar-refractivity contribution < 1.29 is 0 Å². The standard InChI is InChI=1S/C37H47N5/c1-6-7-8-9-10-11-12-17-24-37(4,5)32-26-29-19-14-15-20-31(29)36(35(32)38)42-41-34-23-22-30(25-28(34)3)39-40-33-21-16-13-18-27(33)2/h13-16,18-23,25-26H,6-12,17,24,38H2,1-5H3. The normalized spacial score (nSPS) is 12.2. The van der Waals surface area contributed by atoms with Crippen LogP contribution in [0.4, 0.5) is 28.4 Å². The second-order valence-corrected chi connectivity index (χ2v) is 12.2. The summed E-state index contributed by atoms with van der Waals surface area (Å²) in [4.78, 5) is 0. The van der Waals surface area contributed by atoms with Gasteiger partial charge in [0.2, 0.25) is 0 Å². The highest BCUT2D eigenvalue weighted by molar-refractivity contribution is 5.99. The monoisotopic (exact) mass is 561 g/mol. The summed E-state index contributed by atoms with van der Waals surface area (Å²) in [6.45, 7) is 10.9. The maximum absolute atomic E-state index is 6.89. The third kappa shape index (κ3) is 8.12. The number of nitrogen functional groups attached to an aromatic ring is 1. The molecule has 4 aromatic carbocycles. The first-order valence-electron chi connectivity index (χ1n) is 15.6. The Labute approximate surface area is 252 Å². The molecule has 2 N–H and O–H groups in total. The topological polar surface area (TPSA) is 75.5 Å². The van der Waals surface area contributed by atoms with Gasteiger partial charge in [0, 0.05) is 5.39 Å². The van der Waals surface area contributed by atoms with E-state index in [0.29, 0.717) is 0 Å². The van der Waals surface area contributed by atoms with E-state index in [1.807, 2.05) is 62.4 Å². The minimum absolute atomic E-state index is 0.0553. The molecule has 5 nitrogen and oxygen atoms in total. The number of unbranched alkanes of at least 4 members (excludes halogenated alkanes) is 7. The van der Waals surface area contributed by atoms with Gasteiger partial charge in [-0.2, -0.15) is 15.3 Å². The molecular weight excluding hydrogens is 514 g/mol. The second-order valence-electron chi connectivity index (χ2n) is 12.2. The molecule has 0 radical (unpaired) electrons. The summed E-state index contributed by atoms with van der Waals surface area (Å²) in [5.74, 6) is 0. The molecule has 0 saturated carbocycles. The molecule has 42 heavy (non-hydrogen) atoms. The molecule has 0 heterocycles. The minimum Gasteiger partial charge on any atom is -0.397 e. The quantitative estimate of drug-likeness (QED) is 0.0927. The molecule has 0 unspecified atom stereocenters. The first-order valence-corrected chi connectivity index (χ1v) is 15.6. The average molecular weight is 562 g/mol. The number of fused-ring (bicyclic) bond motifs is 1. The molecule has 5 heteroatoms. The van der Waals surface area contributed by atoms with Gasteiger partial charge in [-0.3, -0.25) is 0 Å². The fourth-order valence-electron chi connectivity index (χ4n) is 5.55. The second kappa shape index (κ2) is 14.9. The molecule has 0 bridgehead atoms. The SMILES string of the molecule is CCCCCCCCCCC(C)(C)c1cc2ccccc2c(N=Nc2ccc(N=Nc3ccccc3C)cc2C)c1N. The molecule has 0 aliphatic heterocycles. The van der Waals surface area contributed by atoms with Crippen LogP contribution in [0.5, 0.6) is 0 Å². The Morgan fingerprint density at radius 3 is 2.02 bits per heavy atom. The van der Waals surface area contributed by atoms with Gasteiger partial charge in [-0.15, -0.1) is 5.11 Å². The molecule has 0 atom stereocenters. The van der Waals surface area contributed by atoms with Crippen LogP contribution in [0.15, 0.2) is 93.3 Å². The molecule has 220 valence electrons. The van der Waals surface area contributed by atoms with Crippen LogP contribution in [0.1, 0.15) is 95.2 Å².